The topological polar surface area (TPSA) is 0 Å². The van der Waals surface area contributed by atoms with E-state index >= 15 is 4.39 Å². The van der Waals surface area contributed by atoms with E-state index in [2.05, 4.69) is 13.0 Å². The van der Waals surface area contributed by atoms with Gasteiger partial charge in [-0.15, -0.1) is 0 Å². The fourth-order valence-electron chi connectivity index (χ4n) is 7.93. The molecule has 0 N–H and O–H groups in total. The third-order valence-corrected chi connectivity index (χ3v) is 10.7. The molecule has 0 aromatic heterocycles. The van der Waals surface area contributed by atoms with E-state index in [9.17, 15) is 8.78 Å². The van der Waals surface area contributed by atoms with Crippen molar-refractivity contribution in [2.45, 2.75) is 116 Å². The summed E-state index contributed by atoms with van der Waals surface area (Å²) in [6.07, 6.45) is 22.2. The van der Waals surface area contributed by atoms with E-state index in [1.807, 2.05) is 25.1 Å². The van der Waals surface area contributed by atoms with Gasteiger partial charge < -0.3 is 0 Å². The molecule has 2 saturated carbocycles. The molecule has 3 aromatic rings. The molecule has 2 aliphatic rings. The molecule has 0 heterocycles. The third-order valence-electron chi connectivity index (χ3n) is 10.7. The second kappa shape index (κ2) is 16.0. The van der Waals surface area contributed by atoms with E-state index in [1.54, 1.807) is 42.5 Å². The molecule has 0 spiro atoms. The Hall–Kier alpha value is -2.81. The van der Waals surface area contributed by atoms with E-state index < -0.39 is 11.6 Å². The van der Waals surface area contributed by atoms with Crippen molar-refractivity contribution < 1.29 is 13.2 Å². The first-order chi connectivity index (χ1) is 21.5. The molecule has 0 atom stereocenters. The van der Waals surface area contributed by atoms with Gasteiger partial charge in [-0.1, -0.05) is 113 Å². The van der Waals surface area contributed by atoms with Crippen LogP contribution in [0.1, 0.15) is 121 Å². The zero-order chi connectivity index (χ0) is 30.9. The lowest BCUT2D eigenvalue weighted by Crippen LogP contribution is -2.25. The zero-order valence-electron chi connectivity index (χ0n) is 26.9. The minimum absolute atomic E-state index is 0.211. The van der Waals surface area contributed by atoms with Gasteiger partial charge in [-0.05, 0) is 110 Å². The lowest BCUT2D eigenvalue weighted by atomic mass is 9.68. The summed E-state index contributed by atoms with van der Waals surface area (Å²) in [7, 11) is 0. The summed E-state index contributed by atoms with van der Waals surface area (Å²) in [5, 5.41) is 0. The van der Waals surface area contributed by atoms with E-state index in [1.165, 1.54) is 64.2 Å². The minimum atomic E-state index is -0.824. The highest BCUT2D eigenvalue weighted by Gasteiger charge is 2.31. The normalized spacial score (nSPS) is 22.5. The Labute approximate surface area is 264 Å². The summed E-state index contributed by atoms with van der Waals surface area (Å²) in [6.45, 7) is 4.34. The Morgan fingerprint density at radius 2 is 1.30 bits per heavy atom. The molecule has 2 aliphatic carbocycles. The highest BCUT2D eigenvalue weighted by molar-refractivity contribution is 5.71. The van der Waals surface area contributed by atoms with Crippen LogP contribution in [0, 0.1) is 35.2 Å². The van der Waals surface area contributed by atoms with E-state index in [4.69, 9.17) is 0 Å². The lowest BCUT2D eigenvalue weighted by molar-refractivity contribution is 0.155. The van der Waals surface area contributed by atoms with Crippen LogP contribution in [0.4, 0.5) is 13.2 Å². The molecule has 3 aromatic carbocycles. The first-order valence-corrected chi connectivity index (χ1v) is 17.5. The van der Waals surface area contributed by atoms with Gasteiger partial charge in [-0.2, -0.15) is 0 Å². The summed E-state index contributed by atoms with van der Waals surface area (Å²) in [5.41, 5.74) is 3.61. The van der Waals surface area contributed by atoms with Gasteiger partial charge in [-0.25, -0.2) is 13.2 Å². The fourth-order valence-corrected chi connectivity index (χ4v) is 7.93. The third kappa shape index (κ3) is 8.06. The van der Waals surface area contributed by atoms with Crippen LogP contribution in [-0.2, 0) is 6.42 Å². The number of unbranched alkanes of at least 4 members (excludes halogenated alkanes) is 2. The summed E-state index contributed by atoms with van der Waals surface area (Å²) >= 11 is 0. The molecule has 44 heavy (non-hydrogen) atoms. The minimum Gasteiger partial charge on any atom is -0.206 e. The molecular weight excluding hydrogens is 549 g/mol. The predicted molar refractivity (Wildman–Crippen MR) is 179 cm³/mol. The van der Waals surface area contributed by atoms with Crippen LogP contribution in [0.3, 0.4) is 0 Å². The summed E-state index contributed by atoms with van der Waals surface area (Å²) in [4.78, 5) is 0. The van der Waals surface area contributed by atoms with Gasteiger partial charge >= 0.3 is 0 Å². The van der Waals surface area contributed by atoms with E-state index in [0.29, 0.717) is 35.4 Å². The van der Waals surface area contributed by atoms with Crippen LogP contribution >= 0.6 is 0 Å². The predicted octanol–water partition coefficient (Wildman–Crippen LogP) is 13.0. The van der Waals surface area contributed by atoms with Crippen molar-refractivity contribution in [1.82, 2.24) is 0 Å². The number of benzene rings is 3. The molecule has 3 heteroatoms. The van der Waals surface area contributed by atoms with Crippen molar-refractivity contribution >= 4 is 0 Å². The second-order valence-corrected chi connectivity index (χ2v) is 13.5. The van der Waals surface area contributed by atoms with Crippen LogP contribution in [-0.4, -0.2) is 0 Å². The van der Waals surface area contributed by atoms with Gasteiger partial charge in [0, 0.05) is 11.1 Å². The van der Waals surface area contributed by atoms with Crippen LogP contribution in [0.15, 0.2) is 66.7 Å². The van der Waals surface area contributed by atoms with Crippen molar-refractivity contribution in [2.75, 3.05) is 0 Å². The molecule has 236 valence electrons. The number of hydrogen-bond donors (Lipinski definition) is 0. The van der Waals surface area contributed by atoms with Crippen molar-refractivity contribution in [1.29, 1.82) is 0 Å². The van der Waals surface area contributed by atoms with Crippen molar-refractivity contribution in [3.05, 3.63) is 95.3 Å². The maximum absolute atomic E-state index is 15.4. The summed E-state index contributed by atoms with van der Waals surface area (Å²) in [5.74, 6) is 1.33. The Kier molecular flexibility index (Phi) is 11.8. The largest absolute Gasteiger partial charge is 0.206 e. The van der Waals surface area contributed by atoms with Gasteiger partial charge in [0.1, 0.15) is 5.82 Å². The van der Waals surface area contributed by atoms with Crippen molar-refractivity contribution in [3.63, 3.8) is 0 Å². The number of aryl methyl sites for hydroxylation is 1. The summed E-state index contributed by atoms with van der Waals surface area (Å²) in [6, 6.07) is 16.2. The average Bonchev–Trinajstić information content (AvgIpc) is 3.06. The highest BCUT2D eigenvalue weighted by Crippen LogP contribution is 2.45. The van der Waals surface area contributed by atoms with Crippen LogP contribution in [0.2, 0.25) is 0 Å². The molecule has 0 radical (unpaired) electrons. The van der Waals surface area contributed by atoms with Crippen molar-refractivity contribution in [3.8, 4) is 22.3 Å². The van der Waals surface area contributed by atoms with E-state index in [0.717, 1.165) is 48.1 Å². The quantitative estimate of drug-likeness (QED) is 0.143. The molecule has 0 bridgehead atoms. The Morgan fingerprint density at radius 1 is 0.659 bits per heavy atom. The zero-order valence-corrected chi connectivity index (χ0v) is 26.9. The number of allylic oxidation sites excluding steroid dienone is 2. The number of hydrogen-bond acceptors (Lipinski definition) is 0. The monoisotopic (exact) mass is 600 g/mol. The molecule has 0 saturated heterocycles. The Bertz CT molecular complexity index is 1360. The van der Waals surface area contributed by atoms with Gasteiger partial charge in [0.2, 0.25) is 0 Å². The maximum atomic E-state index is 15.4. The van der Waals surface area contributed by atoms with Crippen LogP contribution in [0.25, 0.3) is 22.3 Å². The first kappa shape index (κ1) is 32.6. The maximum Gasteiger partial charge on any atom is 0.166 e. The number of rotatable bonds is 12. The molecular formula is C41H51F3. The Morgan fingerprint density at radius 3 is 1.93 bits per heavy atom. The fraction of sp³-hybridized carbons (Fsp3) is 0.512. The molecule has 0 unspecified atom stereocenters. The second-order valence-electron chi connectivity index (χ2n) is 13.5. The molecule has 5 rings (SSSR count). The standard InChI is InChI=1S/C41H51F3/c1-3-5-7-9-11-35-24-27-38(41(44)40(35)43)34-22-20-33(21-23-34)37-26-25-36(28-39(37)42)32-18-16-31(17-19-32)30-14-12-29(13-15-30)10-8-6-4-2/h5,7,20-32H,3-4,6,8-19H2,1-2H3. The SMILES string of the molecule is CCC=CCCc1ccc(-c2ccc(-c3ccc(C4CCC(C5CCC(CCCCC)CC5)CC4)cc3F)cc2)c(F)c1F. The van der Waals surface area contributed by atoms with Gasteiger partial charge in [0.25, 0.3) is 0 Å². The molecule has 0 nitrogen and oxygen atoms in total. The van der Waals surface area contributed by atoms with Gasteiger partial charge in [-0.3, -0.25) is 0 Å². The Balaban J connectivity index is 1.16. The average molecular weight is 601 g/mol. The van der Waals surface area contributed by atoms with Gasteiger partial charge in [0.15, 0.2) is 11.6 Å². The molecule has 0 amide bonds. The molecule has 0 aliphatic heterocycles. The smallest absolute Gasteiger partial charge is 0.166 e. The highest BCUT2D eigenvalue weighted by atomic mass is 19.2. The van der Waals surface area contributed by atoms with Crippen molar-refractivity contribution in [2.24, 2.45) is 17.8 Å². The first-order valence-electron chi connectivity index (χ1n) is 17.5. The lowest BCUT2D eigenvalue weighted by Gasteiger charge is -2.38. The van der Waals surface area contributed by atoms with Gasteiger partial charge in [0.05, 0.1) is 0 Å². The summed E-state index contributed by atoms with van der Waals surface area (Å²) < 4.78 is 45.2. The van der Waals surface area contributed by atoms with E-state index in [-0.39, 0.29) is 11.4 Å². The van der Waals surface area contributed by atoms with Crippen LogP contribution < -0.4 is 0 Å². The molecule has 2 fully saturated rings. The number of halogens is 3. The van der Waals surface area contributed by atoms with Crippen LogP contribution in [0.5, 0.6) is 0 Å².